The summed E-state index contributed by atoms with van der Waals surface area (Å²) in [4.78, 5) is 41.6. The molecule has 5 N–H and O–H groups in total. The number of nitrogens with one attached hydrogen (secondary N) is 3. The van der Waals surface area contributed by atoms with E-state index in [0.29, 0.717) is 25.7 Å². The quantitative estimate of drug-likeness (QED) is 0.299. The fraction of sp³-hybridized carbons (Fsp3) is 0.407. The number of carbonyl (C=O) groups excluding carboxylic acids is 3. The van der Waals surface area contributed by atoms with E-state index in [1.165, 1.54) is 29.8 Å². The van der Waals surface area contributed by atoms with Gasteiger partial charge in [0, 0.05) is 31.0 Å². The van der Waals surface area contributed by atoms with Gasteiger partial charge in [0.1, 0.15) is 6.54 Å². The summed E-state index contributed by atoms with van der Waals surface area (Å²) in [5, 5.41) is 20.8. The number of amides is 3. The highest BCUT2D eigenvalue weighted by atomic mass is 35.5. The number of nitriles is 1. The Labute approximate surface area is 249 Å². The summed E-state index contributed by atoms with van der Waals surface area (Å²) >= 11 is 6.35. The van der Waals surface area contributed by atoms with E-state index in [1.54, 1.807) is 13.0 Å². The maximum absolute atomic E-state index is 13.6. The van der Waals surface area contributed by atoms with Crippen molar-refractivity contribution in [3.8, 4) is 17.3 Å². The van der Waals surface area contributed by atoms with Crippen molar-refractivity contribution >= 4 is 35.0 Å². The largest absolute Gasteiger partial charge is 0.435 e. The molecule has 16 heteroatoms. The molecule has 1 atom stereocenters. The lowest BCUT2D eigenvalue weighted by Gasteiger charge is -2.30. The minimum Gasteiger partial charge on any atom is -0.352 e. The van der Waals surface area contributed by atoms with E-state index in [0.717, 1.165) is 17.1 Å². The van der Waals surface area contributed by atoms with Gasteiger partial charge in [0.15, 0.2) is 11.5 Å². The maximum atomic E-state index is 13.6. The monoisotopic (exact) mass is 619 g/mol. The van der Waals surface area contributed by atoms with Crippen LogP contribution in [0.25, 0.3) is 11.3 Å². The number of anilines is 1. The van der Waals surface area contributed by atoms with Crippen LogP contribution in [0.1, 0.15) is 59.3 Å². The van der Waals surface area contributed by atoms with Crippen molar-refractivity contribution in [1.29, 1.82) is 5.26 Å². The molecule has 3 amide bonds. The zero-order chi connectivity index (χ0) is 31.5. The van der Waals surface area contributed by atoms with E-state index in [9.17, 15) is 27.6 Å². The van der Waals surface area contributed by atoms with Crippen molar-refractivity contribution in [3.05, 3.63) is 52.7 Å². The predicted octanol–water partition coefficient (Wildman–Crippen LogP) is 3.24. The lowest BCUT2D eigenvalue weighted by Crippen LogP contribution is -2.47. The predicted molar refractivity (Wildman–Crippen MR) is 150 cm³/mol. The van der Waals surface area contributed by atoms with Crippen molar-refractivity contribution in [2.45, 2.75) is 63.5 Å². The van der Waals surface area contributed by atoms with Crippen molar-refractivity contribution in [2.75, 3.05) is 5.32 Å². The van der Waals surface area contributed by atoms with Gasteiger partial charge in [0.2, 0.25) is 5.91 Å². The highest BCUT2D eigenvalue weighted by Crippen LogP contribution is 2.36. The Morgan fingerprint density at radius 2 is 1.81 bits per heavy atom. The second kappa shape index (κ2) is 12.8. The first-order chi connectivity index (χ1) is 20.3. The summed E-state index contributed by atoms with van der Waals surface area (Å²) in [7, 11) is 1.37. The van der Waals surface area contributed by atoms with Gasteiger partial charge in [0.05, 0.1) is 40.2 Å². The molecule has 1 aliphatic carbocycles. The van der Waals surface area contributed by atoms with Crippen molar-refractivity contribution in [2.24, 2.45) is 12.8 Å². The van der Waals surface area contributed by atoms with Crippen molar-refractivity contribution in [3.63, 3.8) is 0 Å². The Morgan fingerprint density at radius 1 is 1.16 bits per heavy atom. The number of nitrogens with two attached hydrogens (primary N) is 1. The Hall–Kier alpha value is -4.42. The van der Waals surface area contributed by atoms with Gasteiger partial charge in [-0.1, -0.05) is 11.6 Å². The number of hydrogen-bond acceptors (Lipinski definition) is 7. The summed E-state index contributed by atoms with van der Waals surface area (Å²) < 4.78 is 42.8. The second-order valence-electron chi connectivity index (χ2n) is 10.2. The van der Waals surface area contributed by atoms with Crippen molar-refractivity contribution in [1.82, 2.24) is 30.0 Å². The number of benzene rings is 1. The zero-order valence-corrected chi connectivity index (χ0v) is 24.0. The molecule has 1 saturated carbocycles. The molecule has 12 nitrogen and oxygen atoms in total. The second-order valence-corrected chi connectivity index (χ2v) is 10.6. The van der Waals surface area contributed by atoms with E-state index < -0.39 is 36.3 Å². The molecule has 3 aromatic rings. The number of nitrogens with zero attached hydrogens (tertiary/aromatic N) is 5. The topological polar surface area (TPSA) is 173 Å². The molecular formula is C27H29ClF3N9O3. The molecule has 0 unspecified atom stereocenters. The third kappa shape index (κ3) is 7.33. The Bertz CT molecular complexity index is 1570. The van der Waals surface area contributed by atoms with Crippen LogP contribution in [-0.4, -0.2) is 55.2 Å². The highest BCUT2D eigenvalue weighted by Gasteiger charge is 2.38. The molecule has 2 aromatic heterocycles. The third-order valence-corrected chi connectivity index (χ3v) is 7.34. The van der Waals surface area contributed by atoms with E-state index in [4.69, 9.17) is 22.6 Å². The summed E-state index contributed by atoms with van der Waals surface area (Å²) in [6, 6.07) is 5.34. The highest BCUT2D eigenvalue weighted by molar-refractivity contribution is 6.34. The van der Waals surface area contributed by atoms with Gasteiger partial charge >= 0.3 is 6.18 Å². The number of aromatic nitrogens is 4. The van der Waals surface area contributed by atoms with Crippen LogP contribution in [0.3, 0.4) is 0 Å². The van der Waals surface area contributed by atoms with Crippen LogP contribution in [-0.2, 0) is 24.6 Å². The normalized spacial score (nSPS) is 17.5. The molecule has 0 saturated heterocycles. The molecule has 0 aliphatic heterocycles. The maximum Gasteiger partial charge on any atom is 0.435 e. The van der Waals surface area contributed by atoms with Gasteiger partial charge < -0.3 is 26.3 Å². The molecule has 2 heterocycles. The van der Waals surface area contributed by atoms with Crippen LogP contribution >= 0.6 is 11.6 Å². The molecule has 0 spiro atoms. The van der Waals surface area contributed by atoms with E-state index >= 15 is 0 Å². The van der Waals surface area contributed by atoms with Crippen LogP contribution < -0.4 is 21.7 Å². The SMILES string of the molecule is C[C@H](N)C(=O)NC1CCC(NC(=O)c2ccc(NC(=O)c3ncc(-c4cn(CC#N)nc4C(F)(F)F)n3C)cc2Cl)CC1. The van der Waals surface area contributed by atoms with Gasteiger partial charge in [-0.3, -0.25) is 19.1 Å². The molecule has 1 aromatic carbocycles. The van der Waals surface area contributed by atoms with Gasteiger partial charge in [-0.2, -0.15) is 23.5 Å². The molecule has 43 heavy (non-hydrogen) atoms. The summed E-state index contributed by atoms with van der Waals surface area (Å²) in [6.07, 6.45) is 0.0904. The smallest absolute Gasteiger partial charge is 0.352 e. The average Bonchev–Trinajstić information content (AvgIpc) is 3.53. The summed E-state index contributed by atoms with van der Waals surface area (Å²) in [5.74, 6) is -1.53. The van der Waals surface area contributed by atoms with E-state index in [-0.39, 0.29) is 51.3 Å². The minimum absolute atomic E-state index is 0.000831. The first kappa shape index (κ1) is 31.5. The average molecular weight is 620 g/mol. The van der Waals surface area contributed by atoms with Crippen LogP contribution in [0.2, 0.25) is 5.02 Å². The Morgan fingerprint density at radius 3 is 2.40 bits per heavy atom. The Kier molecular flexibility index (Phi) is 9.41. The number of rotatable bonds is 8. The molecule has 0 bridgehead atoms. The third-order valence-electron chi connectivity index (χ3n) is 7.02. The molecule has 1 aliphatic rings. The lowest BCUT2D eigenvalue weighted by molar-refractivity contribution is -0.141. The van der Waals surface area contributed by atoms with Crippen LogP contribution in [0.15, 0.2) is 30.6 Å². The number of halogens is 4. The van der Waals surface area contributed by atoms with Crippen LogP contribution in [0.4, 0.5) is 18.9 Å². The molecule has 228 valence electrons. The molecule has 4 rings (SSSR count). The fourth-order valence-electron chi connectivity index (χ4n) is 4.78. The standard InChI is InChI=1S/C27H29ClF3N9O3/c1-14(33)24(41)35-15-3-5-16(6-4-15)36-25(42)18-8-7-17(11-20(18)28)37-26(43)23-34-12-21(39(23)2)19-13-40(10-9-32)38-22(19)27(29,30)31/h7-8,11-16H,3-6,10,33H2,1-2H3,(H,35,41)(H,36,42)(H,37,43)/t14-,15?,16?/m0/s1. The number of alkyl halides is 3. The number of hydrogen-bond donors (Lipinski definition) is 4. The zero-order valence-electron chi connectivity index (χ0n) is 23.2. The lowest BCUT2D eigenvalue weighted by atomic mass is 9.90. The molecule has 1 fully saturated rings. The Balaban J connectivity index is 1.40. The fourth-order valence-corrected chi connectivity index (χ4v) is 5.05. The summed E-state index contributed by atoms with van der Waals surface area (Å²) in [5.41, 5.74) is 4.45. The summed E-state index contributed by atoms with van der Waals surface area (Å²) in [6.45, 7) is 1.22. The van der Waals surface area contributed by atoms with Gasteiger partial charge in [-0.05, 0) is 50.8 Å². The van der Waals surface area contributed by atoms with Crippen molar-refractivity contribution < 1.29 is 27.6 Å². The molecule has 0 radical (unpaired) electrons. The number of imidazole rings is 1. The van der Waals surface area contributed by atoms with E-state index in [2.05, 4.69) is 26.0 Å². The van der Waals surface area contributed by atoms with Gasteiger partial charge in [-0.15, -0.1) is 0 Å². The number of carbonyl (C=O) groups is 3. The van der Waals surface area contributed by atoms with Crippen LogP contribution in [0.5, 0.6) is 0 Å². The first-order valence-corrected chi connectivity index (χ1v) is 13.7. The van der Waals surface area contributed by atoms with Crippen LogP contribution in [0, 0.1) is 11.3 Å². The van der Waals surface area contributed by atoms with E-state index in [1.807, 2.05) is 0 Å². The van der Waals surface area contributed by atoms with Gasteiger partial charge in [0.25, 0.3) is 11.8 Å². The first-order valence-electron chi connectivity index (χ1n) is 13.3. The molecular weight excluding hydrogens is 591 g/mol. The van der Waals surface area contributed by atoms with Gasteiger partial charge in [-0.25, -0.2) is 4.98 Å². The minimum atomic E-state index is -4.80.